The molecular formula is C19H40O3Si2. The zero-order valence-electron chi connectivity index (χ0n) is 17.6. The van der Waals surface area contributed by atoms with Gasteiger partial charge in [-0.15, -0.1) is 5.73 Å². The van der Waals surface area contributed by atoms with Crippen LogP contribution in [0.1, 0.15) is 54.4 Å². The first-order chi connectivity index (χ1) is 10.6. The summed E-state index contributed by atoms with van der Waals surface area (Å²) in [5.74, 6) is 0. The van der Waals surface area contributed by atoms with Crippen molar-refractivity contribution in [1.29, 1.82) is 0 Å². The Balaban J connectivity index is 0. The van der Waals surface area contributed by atoms with E-state index in [9.17, 15) is 4.79 Å². The maximum atomic E-state index is 9.73. The first-order valence-electron chi connectivity index (χ1n) is 8.76. The van der Waals surface area contributed by atoms with Crippen LogP contribution in [0.2, 0.25) is 36.3 Å². The summed E-state index contributed by atoms with van der Waals surface area (Å²) in [6.45, 7) is 23.3. The number of aliphatic hydroxyl groups is 1. The Morgan fingerprint density at radius 1 is 0.875 bits per heavy atom. The number of hydrogen-bond acceptors (Lipinski definition) is 3. The molecule has 0 saturated heterocycles. The molecule has 0 heterocycles. The van der Waals surface area contributed by atoms with Gasteiger partial charge in [0.1, 0.15) is 6.29 Å². The molecule has 142 valence electrons. The molecule has 0 radical (unpaired) electrons. The highest BCUT2D eigenvalue weighted by molar-refractivity contribution is 6.87. The van der Waals surface area contributed by atoms with Gasteiger partial charge in [-0.1, -0.05) is 41.5 Å². The van der Waals surface area contributed by atoms with Crippen LogP contribution < -0.4 is 0 Å². The van der Waals surface area contributed by atoms with E-state index in [1.165, 1.54) is 6.08 Å². The van der Waals surface area contributed by atoms with E-state index in [2.05, 4.69) is 73.5 Å². The molecule has 0 aliphatic carbocycles. The van der Waals surface area contributed by atoms with Crippen LogP contribution in [0.5, 0.6) is 0 Å². The highest BCUT2D eigenvalue weighted by Crippen LogP contribution is 2.44. The summed E-state index contributed by atoms with van der Waals surface area (Å²) in [6.07, 6.45) is 5.33. The topological polar surface area (TPSA) is 46.5 Å². The van der Waals surface area contributed by atoms with Gasteiger partial charge in [-0.3, -0.25) is 0 Å². The minimum atomic E-state index is -1.59. The third-order valence-corrected chi connectivity index (χ3v) is 16.2. The lowest BCUT2D eigenvalue weighted by Crippen LogP contribution is -2.53. The molecule has 0 spiro atoms. The monoisotopic (exact) mass is 372 g/mol. The first kappa shape index (κ1) is 25.8. The zero-order valence-corrected chi connectivity index (χ0v) is 19.6. The lowest BCUT2D eigenvalue weighted by molar-refractivity contribution is -0.107. The number of rotatable bonds is 6. The van der Waals surface area contributed by atoms with Gasteiger partial charge in [0.2, 0.25) is 0 Å². The molecule has 0 atom stereocenters. The van der Waals surface area contributed by atoms with E-state index in [1.54, 1.807) is 6.08 Å². The molecule has 1 N–H and O–H groups in total. The van der Waals surface area contributed by atoms with Crippen molar-refractivity contribution in [3.63, 3.8) is 0 Å². The molecule has 0 aromatic rings. The Bertz CT molecular complexity index is 397. The van der Waals surface area contributed by atoms with Gasteiger partial charge in [0, 0.05) is 6.42 Å². The maximum absolute atomic E-state index is 9.73. The van der Waals surface area contributed by atoms with E-state index in [1.807, 2.05) is 0 Å². The van der Waals surface area contributed by atoms with Crippen LogP contribution >= 0.6 is 0 Å². The standard InChI is InChI=1S/C12H30OSi2.C7H10O2/c1-11(2,3)14(7,8)13-15(9,10)12(4,5)6;8-6-4-2-1-3-5-7-9/h1-10H3;1,5-6,9H,2,4,7H2. The van der Waals surface area contributed by atoms with Gasteiger partial charge >= 0.3 is 0 Å². The molecule has 0 bridgehead atoms. The first-order valence-corrected chi connectivity index (χ1v) is 14.6. The second-order valence-electron chi connectivity index (χ2n) is 9.12. The van der Waals surface area contributed by atoms with E-state index in [0.717, 1.165) is 6.29 Å². The minimum Gasteiger partial charge on any atom is -0.455 e. The summed E-state index contributed by atoms with van der Waals surface area (Å²) < 4.78 is 6.63. The second kappa shape index (κ2) is 10.5. The summed E-state index contributed by atoms with van der Waals surface area (Å²) in [6, 6.07) is 0. The van der Waals surface area contributed by atoms with Crippen molar-refractivity contribution < 1.29 is 14.0 Å². The van der Waals surface area contributed by atoms with Gasteiger partial charge in [-0.25, -0.2) is 0 Å². The van der Waals surface area contributed by atoms with Crippen molar-refractivity contribution in [2.45, 2.75) is 90.6 Å². The van der Waals surface area contributed by atoms with E-state index < -0.39 is 16.6 Å². The Morgan fingerprint density at radius 2 is 1.29 bits per heavy atom. The SMILES string of the molecule is CC(C)(C)[Si](C)(C)O[Si](C)(C)C(C)(C)C.O=CCCC=C=CCO. The average molecular weight is 373 g/mol. The highest BCUT2D eigenvalue weighted by Gasteiger charge is 2.46. The molecule has 0 aromatic carbocycles. The number of aldehydes is 1. The normalized spacial score (nSPS) is 12.6. The number of hydrogen-bond donors (Lipinski definition) is 1. The number of aliphatic hydroxyl groups excluding tert-OH is 1. The molecule has 0 amide bonds. The van der Waals surface area contributed by atoms with Crippen molar-refractivity contribution >= 4 is 22.9 Å². The lowest BCUT2D eigenvalue weighted by atomic mass is 10.2. The average Bonchev–Trinajstić information content (AvgIpc) is 2.35. The van der Waals surface area contributed by atoms with Gasteiger partial charge in [-0.2, -0.15) is 0 Å². The minimum absolute atomic E-state index is 0.0115. The largest absolute Gasteiger partial charge is 0.455 e. The summed E-state index contributed by atoms with van der Waals surface area (Å²) in [5, 5.41) is 8.86. The summed E-state index contributed by atoms with van der Waals surface area (Å²) in [5.41, 5.74) is 2.71. The van der Waals surface area contributed by atoms with Gasteiger partial charge in [0.15, 0.2) is 16.6 Å². The van der Waals surface area contributed by atoms with Gasteiger partial charge in [0.05, 0.1) is 6.61 Å². The third-order valence-electron chi connectivity index (χ3n) is 4.88. The van der Waals surface area contributed by atoms with E-state index in [4.69, 9.17) is 9.22 Å². The van der Waals surface area contributed by atoms with E-state index >= 15 is 0 Å². The molecule has 24 heavy (non-hydrogen) atoms. The number of unbranched alkanes of at least 4 members (excludes halogenated alkanes) is 1. The molecule has 5 heteroatoms. The van der Waals surface area contributed by atoms with E-state index in [0.29, 0.717) is 22.9 Å². The van der Waals surface area contributed by atoms with Crippen molar-refractivity contribution in [1.82, 2.24) is 0 Å². The Morgan fingerprint density at radius 3 is 1.58 bits per heavy atom. The molecular weight excluding hydrogens is 332 g/mol. The lowest BCUT2D eigenvalue weighted by Gasteiger charge is -2.47. The molecule has 3 nitrogen and oxygen atoms in total. The van der Waals surface area contributed by atoms with Crippen LogP contribution in [0, 0.1) is 0 Å². The quantitative estimate of drug-likeness (QED) is 0.282. The van der Waals surface area contributed by atoms with Crippen LogP contribution in [0.15, 0.2) is 17.9 Å². The Hall–Kier alpha value is -0.456. The molecule has 0 unspecified atom stereocenters. The summed E-state index contributed by atoms with van der Waals surface area (Å²) in [7, 11) is -3.18. The fraction of sp³-hybridized carbons (Fsp3) is 0.789. The van der Waals surface area contributed by atoms with Crippen LogP contribution in [0.25, 0.3) is 0 Å². The third kappa shape index (κ3) is 10.4. The van der Waals surface area contributed by atoms with Crippen LogP contribution in [-0.4, -0.2) is 34.6 Å². The van der Waals surface area contributed by atoms with Crippen molar-refractivity contribution in [3.05, 3.63) is 17.9 Å². The molecule has 0 aromatic heterocycles. The van der Waals surface area contributed by atoms with Gasteiger partial charge in [-0.05, 0) is 54.8 Å². The molecule has 0 aliphatic rings. The fourth-order valence-corrected chi connectivity index (χ4v) is 8.87. The number of carbonyl (C=O) groups excluding carboxylic acids is 1. The predicted octanol–water partition coefficient (Wildman–Crippen LogP) is 5.68. The Kier molecular flexibility index (Phi) is 11.3. The molecule has 0 saturated carbocycles. The van der Waals surface area contributed by atoms with Crippen molar-refractivity contribution in [2.75, 3.05) is 6.61 Å². The smallest absolute Gasteiger partial charge is 0.178 e. The van der Waals surface area contributed by atoms with Crippen molar-refractivity contribution in [2.24, 2.45) is 0 Å². The Labute approximate surface area is 152 Å². The van der Waals surface area contributed by atoms with Gasteiger partial charge < -0.3 is 14.0 Å². The summed E-state index contributed by atoms with van der Waals surface area (Å²) in [4.78, 5) is 9.73. The second-order valence-corrected chi connectivity index (χ2v) is 19.0. The molecule has 0 rings (SSSR count). The maximum Gasteiger partial charge on any atom is 0.178 e. The van der Waals surface area contributed by atoms with Crippen LogP contribution in [0.3, 0.4) is 0 Å². The van der Waals surface area contributed by atoms with Crippen LogP contribution in [-0.2, 0) is 8.91 Å². The van der Waals surface area contributed by atoms with Gasteiger partial charge in [0.25, 0.3) is 0 Å². The summed E-state index contributed by atoms with van der Waals surface area (Å²) >= 11 is 0. The molecule has 0 fully saturated rings. The zero-order chi connectivity index (χ0) is 19.7. The number of carbonyl (C=O) groups is 1. The molecule has 0 aliphatic heterocycles. The highest BCUT2D eigenvalue weighted by atomic mass is 28.4. The fourth-order valence-electron chi connectivity index (χ4n) is 1.31. The van der Waals surface area contributed by atoms with E-state index in [-0.39, 0.29) is 6.61 Å². The van der Waals surface area contributed by atoms with Crippen molar-refractivity contribution in [3.8, 4) is 0 Å². The predicted molar refractivity (Wildman–Crippen MR) is 111 cm³/mol. The van der Waals surface area contributed by atoms with Crippen LogP contribution in [0.4, 0.5) is 0 Å².